The number of nitrogens with zero attached hydrogens (tertiary/aromatic N) is 1. The summed E-state index contributed by atoms with van der Waals surface area (Å²) in [5, 5.41) is 4.80. The Bertz CT molecular complexity index is 387. The van der Waals surface area contributed by atoms with Gasteiger partial charge in [0.05, 0.1) is 13.2 Å². The lowest BCUT2D eigenvalue weighted by atomic mass is 10.2. The molecule has 0 saturated carbocycles. The van der Waals surface area contributed by atoms with Crippen molar-refractivity contribution in [1.29, 1.82) is 0 Å². The maximum absolute atomic E-state index is 6.11. The SMILES string of the molecule is Cl.Cl.Clc1ccc(CNCCN2CCOCC2)c(Cl)c1. The van der Waals surface area contributed by atoms with Gasteiger partial charge in [0.15, 0.2) is 0 Å². The summed E-state index contributed by atoms with van der Waals surface area (Å²) in [5.74, 6) is 0. The first-order chi connectivity index (χ1) is 8.75. The molecule has 3 nitrogen and oxygen atoms in total. The molecule has 0 spiro atoms. The average Bonchev–Trinajstić information content (AvgIpc) is 2.38. The van der Waals surface area contributed by atoms with Gasteiger partial charge in [0.25, 0.3) is 0 Å². The van der Waals surface area contributed by atoms with Crippen LogP contribution in [0.3, 0.4) is 0 Å². The minimum atomic E-state index is 0. The van der Waals surface area contributed by atoms with Crippen LogP contribution in [0, 0.1) is 0 Å². The van der Waals surface area contributed by atoms with Crippen molar-refractivity contribution in [3.63, 3.8) is 0 Å². The predicted molar refractivity (Wildman–Crippen MR) is 89.9 cm³/mol. The number of rotatable bonds is 5. The second-order valence-electron chi connectivity index (χ2n) is 4.37. The highest BCUT2D eigenvalue weighted by Gasteiger charge is 2.09. The summed E-state index contributed by atoms with van der Waals surface area (Å²) in [6.45, 7) is 6.55. The molecule has 1 heterocycles. The first-order valence-corrected chi connectivity index (χ1v) is 6.96. The molecule has 0 radical (unpaired) electrons. The third kappa shape index (κ3) is 6.81. The zero-order chi connectivity index (χ0) is 12.8. The molecular formula is C13H20Cl4N2O. The van der Waals surface area contributed by atoms with Gasteiger partial charge in [-0.2, -0.15) is 0 Å². The van der Waals surface area contributed by atoms with Gasteiger partial charge >= 0.3 is 0 Å². The molecule has 1 aromatic carbocycles. The fraction of sp³-hybridized carbons (Fsp3) is 0.538. The van der Waals surface area contributed by atoms with Crippen LogP contribution in [0.2, 0.25) is 10.0 Å². The number of morpholine rings is 1. The molecule has 0 unspecified atom stereocenters. The highest BCUT2D eigenvalue weighted by atomic mass is 35.5. The molecule has 0 bridgehead atoms. The minimum Gasteiger partial charge on any atom is -0.379 e. The number of hydrogen-bond donors (Lipinski definition) is 1. The Hall–Kier alpha value is 0.260. The topological polar surface area (TPSA) is 24.5 Å². The van der Waals surface area contributed by atoms with Crippen LogP contribution in [-0.4, -0.2) is 44.3 Å². The summed E-state index contributed by atoms with van der Waals surface area (Å²) in [4.78, 5) is 2.40. The molecular weight excluding hydrogens is 342 g/mol. The number of ether oxygens (including phenoxy) is 1. The minimum absolute atomic E-state index is 0. The van der Waals surface area contributed by atoms with E-state index in [2.05, 4.69) is 10.2 Å². The van der Waals surface area contributed by atoms with Crippen molar-refractivity contribution in [3.05, 3.63) is 33.8 Å². The van der Waals surface area contributed by atoms with Crippen molar-refractivity contribution >= 4 is 48.0 Å². The van der Waals surface area contributed by atoms with Crippen LogP contribution in [0.1, 0.15) is 5.56 Å². The molecule has 0 amide bonds. The maximum Gasteiger partial charge on any atom is 0.0594 e. The molecule has 1 aromatic rings. The van der Waals surface area contributed by atoms with Gasteiger partial charge in [-0.15, -0.1) is 24.8 Å². The van der Waals surface area contributed by atoms with Crippen molar-refractivity contribution < 1.29 is 4.74 Å². The smallest absolute Gasteiger partial charge is 0.0594 e. The third-order valence-electron chi connectivity index (χ3n) is 3.04. The number of halogens is 4. The van der Waals surface area contributed by atoms with Gasteiger partial charge < -0.3 is 10.1 Å². The summed E-state index contributed by atoms with van der Waals surface area (Å²) < 4.78 is 5.31. The van der Waals surface area contributed by atoms with Crippen molar-refractivity contribution in [2.45, 2.75) is 6.54 Å². The van der Waals surface area contributed by atoms with Gasteiger partial charge in [-0.25, -0.2) is 0 Å². The lowest BCUT2D eigenvalue weighted by Gasteiger charge is -2.26. The van der Waals surface area contributed by atoms with Crippen LogP contribution in [0.15, 0.2) is 18.2 Å². The molecule has 2 rings (SSSR count). The average molecular weight is 362 g/mol. The standard InChI is InChI=1S/C13H18Cl2N2O.2ClH/c14-12-2-1-11(13(15)9-12)10-16-3-4-17-5-7-18-8-6-17;;/h1-2,9,16H,3-8,10H2;2*1H. The van der Waals surface area contributed by atoms with Crippen LogP contribution in [0.25, 0.3) is 0 Å². The Morgan fingerprint density at radius 3 is 2.50 bits per heavy atom. The largest absolute Gasteiger partial charge is 0.379 e. The lowest BCUT2D eigenvalue weighted by molar-refractivity contribution is 0.0384. The van der Waals surface area contributed by atoms with Gasteiger partial charge in [0.2, 0.25) is 0 Å². The molecule has 1 aliphatic heterocycles. The predicted octanol–water partition coefficient (Wildman–Crippen LogP) is 3.26. The molecule has 0 aromatic heterocycles. The second-order valence-corrected chi connectivity index (χ2v) is 5.21. The molecule has 1 aliphatic rings. The zero-order valence-electron chi connectivity index (χ0n) is 11.1. The van der Waals surface area contributed by atoms with Crippen LogP contribution in [0.4, 0.5) is 0 Å². The van der Waals surface area contributed by atoms with E-state index in [1.165, 1.54) is 0 Å². The Labute approximate surface area is 142 Å². The summed E-state index contributed by atoms with van der Waals surface area (Å²) in [5.41, 5.74) is 1.09. The Morgan fingerprint density at radius 1 is 1.15 bits per heavy atom. The van der Waals surface area contributed by atoms with E-state index in [1.807, 2.05) is 12.1 Å². The van der Waals surface area contributed by atoms with Crippen molar-refractivity contribution in [2.24, 2.45) is 0 Å². The number of nitrogens with one attached hydrogen (secondary N) is 1. The molecule has 20 heavy (non-hydrogen) atoms. The van der Waals surface area contributed by atoms with Crippen LogP contribution in [-0.2, 0) is 11.3 Å². The van der Waals surface area contributed by atoms with E-state index in [9.17, 15) is 0 Å². The van der Waals surface area contributed by atoms with Gasteiger partial charge in [0, 0.05) is 42.8 Å². The van der Waals surface area contributed by atoms with Crippen LogP contribution >= 0.6 is 48.0 Å². The summed E-state index contributed by atoms with van der Waals surface area (Å²) in [6.07, 6.45) is 0. The molecule has 0 atom stereocenters. The first kappa shape index (κ1) is 20.3. The van der Waals surface area contributed by atoms with Crippen molar-refractivity contribution in [1.82, 2.24) is 10.2 Å². The monoisotopic (exact) mass is 360 g/mol. The Kier molecular flexibility index (Phi) is 11.1. The van der Waals surface area contributed by atoms with E-state index >= 15 is 0 Å². The second kappa shape index (κ2) is 10.9. The van der Waals surface area contributed by atoms with Gasteiger partial charge in [-0.1, -0.05) is 29.3 Å². The van der Waals surface area contributed by atoms with Crippen molar-refractivity contribution in [2.75, 3.05) is 39.4 Å². The van der Waals surface area contributed by atoms with Gasteiger partial charge in [0.1, 0.15) is 0 Å². The zero-order valence-corrected chi connectivity index (χ0v) is 14.3. The van der Waals surface area contributed by atoms with Crippen molar-refractivity contribution in [3.8, 4) is 0 Å². The molecule has 1 fully saturated rings. The van der Waals surface area contributed by atoms with E-state index in [0.717, 1.165) is 56.5 Å². The van der Waals surface area contributed by atoms with E-state index < -0.39 is 0 Å². The lowest BCUT2D eigenvalue weighted by Crippen LogP contribution is -2.40. The van der Waals surface area contributed by atoms with E-state index in [1.54, 1.807) is 6.07 Å². The molecule has 1 saturated heterocycles. The van der Waals surface area contributed by atoms with Crippen LogP contribution in [0.5, 0.6) is 0 Å². The molecule has 1 N–H and O–H groups in total. The highest BCUT2D eigenvalue weighted by Crippen LogP contribution is 2.20. The number of hydrogen-bond acceptors (Lipinski definition) is 3. The number of benzene rings is 1. The fourth-order valence-corrected chi connectivity index (χ4v) is 2.43. The van der Waals surface area contributed by atoms with E-state index in [4.69, 9.17) is 27.9 Å². The summed E-state index contributed by atoms with van der Waals surface area (Å²) >= 11 is 12.0. The van der Waals surface area contributed by atoms with E-state index in [-0.39, 0.29) is 24.8 Å². The van der Waals surface area contributed by atoms with Gasteiger partial charge in [-0.05, 0) is 17.7 Å². The molecule has 116 valence electrons. The Morgan fingerprint density at radius 2 is 1.85 bits per heavy atom. The Balaban J connectivity index is 0.00000180. The molecule has 0 aliphatic carbocycles. The summed E-state index contributed by atoms with van der Waals surface area (Å²) in [7, 11) is 0. The maximum atomic E-state index is 6.11. The quantitative estimate of drug-likeness (QED) is 0.814. The van der Waals surface area contributed by atoms with Gasteiger partial charge in [-0.3, -0.25) is 4.90 Å². The normalized spacial score (nSPS) is 15.3. The molecule has 7 heteroatoms. The summed E-state index contributed by atoms with van der Waals surface area (Å²) in [6, 6.07) is 5.61. The first-order valence-electron chi connectivity index (χ1n) is 6.20. The highest BCUT2D eigenvalue weighted by molar-refractivity contribution is 6.35. The van der Waals surface area contributed by atoms with Crippen LogP contribution < -0.4 is 5.32 Å². The van der Waals surface area contributed by atoms with E-state index in [0.29, 0.717) is 5.02 Å². The fourth-order valence-electron chi connectivity index (χ4n) is 1.95. The third-order valence-corrected chi connectivity index (χ3v) is 3.63.